The predicted octanol–water partition coefficient (Wildman–Crippen LogP) is 2.90. The van der Waals surface area contributed by atoms with Gasteiger partial charge < -0.3 is 19.3 Å². The molecule has 2 aliphatic heterocycles. The molecule has 4 heterocycles. The number of rotatable bonds is 4. The number of thiazole rings is 1. The van der Waals surface area contributed by atoms with Gasteiger partial charge in [-0.05, 0) is 30.3 Å². The van der Waals surface area contributed by atoms with Crippen LogP contribution >= 0.6 is 23.1 Å². The molecule has 150 valence electrons. The standard InChI is InChI=1S/C20H20N4O3S2/c25-18(13-28-14-3-4-16-17(12-14)27-11-10-26-16)23-6-8-24(9-7-23)20-22-15-2-1-5-21-19(15)29-20/h1-5,12H,6-11,13H2. The molecule has 9 heteroatoms. The molecule has 0 aliphatic carbocycles. The summed E-state index contributed by atoms with van der Waals surface area (Å²) >= 11 is 3.14. The third-order valence-corrected chi connectivity index (χ3v) is 6.95. The van der Waals surface area contributed by atoms with E-state index < -0.39 is 0 Å². The number of anilines is 1. The SMILES string of the molecule is O=C(CSc1ccc2c(c1)OCCO2)N1CCN(c2nc3cccnc3s2)CC1. The lowest BCUT2D eigenvalue weighted by Gasteiger charge is -2.34. The molecular weight excluding hydrogens is 408 g/mol. The molecule has 3 aromatic rings. The second-order valence-electron chi connectivity index (χ2n) is 6.79. The minimum absolute atomic E-state index is 0.163. The number of fused-ring (bicyclic) bond motifs is 2. The Kier molecular flexibility index (Phi) is 5.15. The predicted molar refractivity (Wildman–Crippen MR) is 114 cm³/mol. The van der Waals surface area contributed by atoms with Gasteiger partial charge in [0.25, 0.3) is 0 Å². The quantitative estimate of drug-likeness (QED) is 0.592. The number of hydrogen-bond donors (Lipinski definition) is 0. The van der Waals surface area contributed by atoms with E-state index in [1.807, 2.05) is 35.2 Å². The van der Waals surface area contributed by atoms with Crippen LogP contribution in [0.15, 0.2) is 41.4 Å². The van der Waals surface area contributed by atoms with Crippen molar-refractivity contribution in [3.63, 3.8) is 0 Å². The van der Waals surface area contributed by atoms with Gasteiger partial charge in [0.1, 0.15) is 23.6 Å². The Labute approximate surface area is 176 Å². The van der Waals surface area contributed by atoms with Gasteiger partial charge in [-0.3, -0.25) is 4.79 Å². The van der Waals surface area contributed by atoms with Crippen LogP contribution in [0.5, 0.6) is 11.5 Å². The van der Waals surface area contributed by atoms with E-state index in [-0.39, 0.29) is 5.91 Å². The fourth-order valence-corrected chi connectivity index (χ4v) is 5.18. The fraction of sp³-hybridized carbons (Fsp3) is 0.350. The molecule has 1 saturated heterocycles. The molecule has 29 heavy (non-hydrogen) atoms. The van der Waals surface area contributed by atoms with Gasteiger partial charge in [0.2, 0.25) is 5.91 Å². The number of benzene rings is 1. The van der Waals surface area contributed by atoms with Crippen LogP contribution in [-0.2, 0) is 4.79 Å². The highest BCUT2D eigenvalue weighted by molar-refractivity contribution is 8.00. The molecule has 0 radical (unpaired) electrons. The van der Waals surface area contributed by atoms with Gasteiger partial charge in [0.05, 0.1) is 5.75 Å². The summed E-state index contributed by atoms with van der Waals surface area (Å²) in [4.78, 5) is 27.8. The van der Waals surface area contributed by atoms with Crippen LogP contribution in [0.25, 0.3) is 10.3 Å². The number of thioether (sulfide) groups is 1. The number of amides is 1. The smallest absolute Gasteiger partial charge is 0.233 e. The van der Waals surface area contributed by atoms with Gasteiger partial charge in [-0.2, -0.15) is 0 Å². The Balaban J connectivity index is 1.15. The lowest BCUT2D eigenvalue weighted by Crippen LogP contribution is -2.49. The zero-order chi connectivity index (χ0) is 19.6. The molecule has 0 saturated carbocycles. The summed E-state index contributed by atoms with van der Waals surface area (Å²) in [5.41, 5.74) is 0.932. The number of carbonyl (C=O) groups excluding carboxylic acids is 1. The summed E-state index contributed by atoms with van der Waals surface area (Å²) < 4.78 is 11.2. The largest absolute Gasteiger partial charge is 0.486 e. The first-order chi connectivity index (χ1) is 14.3. The van der Waals surface area contributed by atoms with Crippen molar-refractivity contribution in [3.8, 4) is 11.5 Å². The summed E-state index contributed by atoms with van der Waals surface area (Å²) in [6.07, 6.45) is 1.79. The minimum atomic E-state index is 0.163. The van der Waals surface area contributed by atoms with Crippen molar-refractivity contribution >= 4 is 44.5 Å². The average molecular weight is 429 g/mol. The molecule has 0 atom stereocenters. The number of ether oxygens (including phenoxy) is 2. The Hall–Kier alpha value is -2.52. The van der Waals surface area contributed by atoms with E-state index in [4.69, 9.17) is 9.47 Å². The zero-order valence-electron chi connectivity index (χ0n) is 15.7. The molecule has 1 aromatic carbocycles. The lowest BCUT2D eigenvalue weighted by atomic mass is 10.3. The van der Waals surface area contributed by atoms with E-state index in [1.54, 1.807) is 17.5 Å². The van der Waals surface area contributed by atoms with Gasteiger partial charge in [-0.1, -0.05) is 11.3 Å². The van der Waals surface area contributed by atoms with Crippen LogP contribution in [0.2, 0.25) is 0 Å². The minimum Gasteiger partial charge on any atom is -0.486 e. The number of pyridine rings is 1. The normalized spacial score (nSPS) is 16.3. The summed E-state index contributed by atoms with van der Waals surface area (Å²) in [7, 11) is 0. The van der Waals surface area contributed by atoms with E-state index in [0.717, 1.165) is 45.0 Å². The third-order valence-electron chi connectivity index (χ3n) is 4.93. The lowest BCUT2D eigenvalue weighted by molar-refractivity contribution is -0.128. The first-order valence-electron chi connectivity index (χ1n) is 9.53. The average Bonchev–Trinajstić information content (AvgIpc) is 3.22. The number of nitrogens with zero attached hydrogens (tertiary/aromatic N) is 4. The van der Waals surface area contributed by atoms with Crippen LogP contribution < -0.4 is 14.4 Å². The first kappa shape index (κ1) is 18.5. The molecule has 0 N–H and O–H groups in total. The van der Waals surface area contributed by atoms with Gasteiger partial charge in [-0.25, -0.2) is 9.97 Å². The van der Waals surface area contributed by atoms with Crippen LogP contribution in [-0.4, -0.2) is 65.9 Å². The Morgan fingerprint density at radius 1 is 1.10 bits per heavy atom. The monoisotopic (exact) mass is 428 g/mol. The maximum Gasteiger partial charge on any atom is 0.233 e. The van der Waals surface area contributed by atoms with E-state index in [1.165, 1.54) is 11.8 Å². The second kappa shape index (κ2) is 8.08. The molecule has 5 rings (SSSR count). The molecule has 2 aliphatic rings. The topological polar surface area (TPSA) is 67.8 Å². The number of aromatic nitrogens is 2. The summed E-state index contributed by atoms with van der Waals surface area (Å²) in [6.45, 7) is 4.15. The summed E-state index contributed by atoms with van der Waals surface area (Å²) in [5, 5.41) is 0.983. The van der Waals surface area contributed by atoms with Crippen molar-refractivity contribution in [2.24, 2.45) is 0 Å². The Morgan fingerprint density at radius 2 is 1.93 bits per heavy atom. The first-order valence-corrected chi connectivity index (χ1v) is 11.3. The van der Waals surface area contributed by atoms with Crippen LogP contribution in [0.3, 0.4) is 0 Å². The maximum absolute atomic E-state index is 12.7. The van der Waals surface area contributed by atoms with Gasteiger partial charge in [0.15, 0.2) is 16.6 Å². The molecule has 7 nitrogen and oxygen atoms in total. The zero-order valence-corrected chi connectivity index (χ0v) is 17.4. The van der Waals surface area contributed by atoms with Crippen LogP contribution in [0.1, 0.15) is 0 Å². The third kappa shape index (κ3) is 3.97. The molecule has 1 amide bonds. The molecule has 0 spiro atoms. The highest BCUT2D eigenvalue weighted by Gasteiger charge is 2.23. The summed E-state index contributed by atoms with van der Waals surface area (Å²) in [5.74, 6) is 2.11. The van der Waals surface area contributed by atoms with Gasteiger partial charge in [0, 0.05) is 37.3 Å². The molecule has 2 aromatic heterocycles. The van der Waals surface area contributed by atoms with E-state index in [2.05, 4.69) is 14.9 Å². The van der Waals surface area contributed by atoms with Gasteiger partial charge >= 0.3 is 0 Å². The van der Waals surface area contributed by atoms with E-state index >= 15 is 0 Å². The summed E-state index contributed by atoms with van der Waals surface area (Å²) in [6, 6.07) is 9.72. The van der Waals surface area contributed by atoms with E-state index in [0.29, 0.717) is 32.1 Å². The highest BCUT2D eigenvalue weighted by Crippen LogP contribution is 2.34. The van der Waals surface area contributed by atoms with Crippen molar-refractivity contribution < 1.29 is 14.3 Å². The van der Waals surface area contributed by atoms with E-state index in [9.17, 15) is 4.79 Å². The van der Waals surface area contributed by atoms with Gasteiger partial charge in [-0.15, -0.1) is 11.8 Å². The Morgan fingerprint density at radius 3 is 2.76 bits per heavy atom. The second-order valence-corrected chi connectivity index (χ2v) is 8.79. The molecule has 0 unspecified atom stereocenters. The number of carbonyl (C=O) groups is 1. The Bertz CT molecular complexity index is 1000. The van der Waals surface area contributed by atoms with Crippen LogP contribution in [0, 0.1) is 0 Å². The molecule has 0 bridgehead atoms. The van der Waals surface area contributed by atoms with Crippen LogP contribution in [0.4, 0.5) is 5.13 Å². The number of hydrogen-bond acceptors (Lipinski definition) is 8. The maximum atomic E-state index is 12.7. The molecular formula is C20H20N4O3S2. The fourth-order valence-electron chi connectivity index (χ4n) is 3.39. The molecule has 1 fully saturated rings. The van der Waals surface area contributed by atoms with Crippen molar-refractivity contribution in [2.45, 2.75) is 4.90 Å². The number of piperazine rings is 1. The highest BCUT2D eigenvalue weighted by atomic mass is 32.2. The van der Waals surface area contributed by atoms with Crippen molar-refractivity contribution in [3.05, 3.63) is 36.5 Å². The van der Waals surface area contributed by atoms with Crippen molar-refractivity contribution in [2.75, 3.05) is 50.0 Å². The van der Waals surface area contributed by atoms with Crippen molar-refractivity contribution in [1.29, 1.82) is 0 Å². The van der Waals surface area contributed by atoms with Crippen molar-refractivity contribution in [1.82, 2.24) is 14.9 Å².